The number of anilines is 1. The summed E-state index contributed by atoms with van der Waals surface area (Å²) in [5, 5.41) is 10.0. The van der Waals surface area contributed by atoms with Crippen LogP contribution in [0.1, 0.15) is 61.1 Å². The zero-order valence-electron chi connectivity index (χ0n) is 21.7. The number of para-hydroxylation sites is 1. The number of nitrogens with zero attached hydrogens (tertiary/aromatic N) is 2. The van der Waals surface area contributed by atoms with Crippen molar-refractivity contribution in [1.82, 2.24) is 4.90 Å². The molecule has 7 nitrogen and oxygen atoms in total. The molecule has 3 heterocycles. The number of hydrogen-bond donors (Lipinski definition) is 1. The molecule has 37 heavy (non-hydrogen) atoms. The van der Waals surface area contributed by atoms with Crippen LogP contribution in [0.15, 0.2) is 42.5 Å². The van der Waals surface area contributed by atoms with Gasteiger partial charge in [-0.2, -0.15) is 0 Å². The number of rotatable bonds is 5. The van der Waals surface area contributed by atoms with E-state index in [0.717, 1.165) is 41.8 Å². The van der Waals surface area contributed by atoms with Gasteiger partial charge in [0.05, 0.1) is 18.3 Å². The first kappa shape index (κ1) is 25.9. The molecule has 3 aliphatic rings. The van der Waals surface area contributed by atoms with Gasteiger partial charge in [0.2, 0.25) is 0 Å². The molecule has 1 N–H and O–H groups in total. The van der Waals surface area contributed by atoms with Gasteiger partial charge in [-0.15, -0.1) is 0 Å². The van der Waals surface area contributed by atoms with Crippen molar-refractivity contribution in [2.75, 3.05) is 38.7 Å². The monoisotopic (exact) mass is 526 g/mol. The summed E-state index contributed by atoms with van der Waals surface area (Å²) in [4.78, 5) is 28.8. The van der Waals surface area contributed by atoms with E-state index in [1.54, 1.807) is 6.07 Å². The minimum absolute atomic E-state index is 0.0108. The van der Waals surface area contributed by atoms with Crippen LogP contribution in [0.4, 0.5) is 5.69 Å². The Hall–Kier alpha value is -2.77. The molecule has 0 bridgehead atoms. The molecule has 2 saturated heterocycles. The van der Waals surface area contributed by atoms with Gasteiger partial charge in [-0.25, -0.2) is 0 Å². The Morgan fingerprint density at radius 2 is 1.89 bits per heavy atom. The molecule has 8 heteroatoms. The Labute approximate surface area is 223 Å². The lowest BCUT2D eigenvalue weighted by atomic mass is 9.63. The van der Waals surface area contributed by atoms with E-state index in [-0.39, 0.29) is 29.8 Å². The molecule has 0 aromatic heterocycles. The third-order valence-corrected chi connectivity index (χ3v) is 8.79. The highest BCUT2D eigenvalue weighted by molar-refractivity contribution is 6.30. The topological polar surface area (TPSA) is 79.3 Å². The Kier molecular flexibility index (Phi) is 6.88. The first-order valence-electron chi connectivity index (χ1n) is 13.0. The average molecular weight is 527 g/mol. The molecule has 0 saturated carbocycles. The molecule has 1 amide bonds. The largest absolute Gasteiger partial charge is 0.487 e. The minimum Gasteiger partial charge on any atom is -0.487 e. The van der Waals surface area contributed by atoms with Crippen LogP contribution in [0.25, 0.3) is 0 Å². The minimum atomic E-state index is -0.834. The third-order valence-electron chi connectivity index (χ3n) is 8.56. The molecule has 2 fully saturated rings. The van der Waals surface area contributed by atoms with E-state index in [9.17, 15) is 14.7 Å². The highest BCUT2D eigenvalue weighted by Gasteiger charge is 2.54. The SMILES string of the molecule is CN(C)c1ccccc1C(=O)N1CCC2(CC1)CO[C@H]1c3cc(Cl)ccc3O[C@](C)(CCC(=O)O)[C@@H]1C2. The summed E-state index contributed by atoms with van der Waals surface area (Å²) in [5.41, 5.74) is 1.83. The molecule has 3 aliphatic heterocycles. The summed E-state index contributed by atoms with van der Waals surface area (Å²) >= 11 is 6.32. The van der Waals surface area contributed by atoms with Crippen molar-refractivity contribution < 1.29 is 24.2 Å². The number of carboxylic acids is 1. The third kappa shape index (κ3) is 4.91. The summed E-state index contributed by atoms with van der Waals surface area (Å²) in [6.45, 7) is 3.95. The number of aliphatic carboxylic acids is 1. The second-order valence-electron chi connectivity index (χ2n) is 11.2. The lowest BCUT2D eigenvalue weighted by Crippen LogP contribution is -2.56. The number of carbonyl (C=O) groups excluding carboxylic acids is 1. The number of hydrogen-bond acceptors (Lipinski definition) is 5. The summed E-state index contributed by atoms with van der Waals surface area (Å²) in [6.07, 6.45) is 2.77. The average Bonchev–Trinajstić information content (AvgIpc) is 2.88. The van der Waals surface area contributed by atoms with Crippen LogP contribution < -0.4 is 9.64 Å². The first-order chi connectivity index (χ1) is 17.6. The van der Waals surface area contributed by atoms with Gasteiger partial charge in [0.1, 0.15) is 11.4 Å². The van der Waals surface area contributed by atoms with Crippen LogP contribution in [0.2, 0.25) is 5.02 Å². The van der Waals surface area contributed by atoms with E-state index < -0.39 is 11.6 Å². The van der Waals surface area contributed by atoms with Crippen LogP contribution in [-0.4, -0.2) is 61.3 Å². The summed E-state index contributed by atoms with van der Waals surface area (Å²) in [5.74, 6) is -0.0677. The van der Waals surface area contributed by atoms with Crippen molar-refractivity contribution in [3.05, 3.63) is 58.6 Å². The van der Waals surface area contributed by atoms with Crippen molar-refractivity contribution in [3.8, 4) is 5.75 Å². The van der Waals surface area contributed by atoms with E-state index in [1.165, 1.54) is 0 Å². The standard InChI is InChI=1S/C29H35ClN2O5/c1-28(11-10-25(33)34)22-17-29(18-36-26(22)21-16-19(30)8-9-24(21)37-28)12-14-32(15-13-29)27(35)20-6-4-5-7-23(20)31(2)3/h4-9,16,22,26H,10-15,17-18H2,1-3H3,(H,33,34)/t22-,26+,28-/m1/s1. The zero-order valence-corrected chi connectivity index (χ0v) is 22.5. The fraction of sp³-hybridized carbons (Fsp3) is 0.517. The van der Waals surface area contributed by atoms with E-state index in [2.05, 4.69) is 0 Å². The Balaban J connectivity index is 1.36. The molecule has 0 aliphatic carbocycles. The highest BCUT2D eigenvalue weighted by Crippen LogP contribution is 2.57. The van der Waals surface area contributed by atoms with Crippen molar-refractivity contribution in [2.45, 2.75) is 50.7 Å². The second-order valence-corrected chi connectivity index (χ2v) is 11.7. The number of benzene rings is 2. The molecule has 1 spiro atoms. The lowest BCUT2D eigenvalue weighted by Gasteiger charge is -2.55. The van der Waals surface area contributed by atoms with Crippen molar-refractivity contribution >= 4 is 29.2 Å². The summed E-state index contributed by atoms with van der Waals surface area (Å²) < 4.78 is 13.1. The number of halogens is 1. The number of carbonyl (C=O) groups is 2. The predicted molar refractivity (Wildman–Crippen MR) is 142 cm³/mol. The van der Waals surface area contributed by atoms with Crippen molar-refractivity contribution in [1.29, 1.82) is 0 Å². The first-order valence-corrected chi connectivity index (χ1v) is 13.4. The fourth-order valence-corrected chi connectivity index (χ4v) is 6.54. The molecule has 3 atom stereocenters. The number of likely N-dealkylation sites (tertiary alicyclic amines) is 1. The van der Waals surface area contributed by atoms with Crippen LogP contribution in [0.3, 0.4) is 0 Å². The molecule has 198 valence electrons. The van der Waals surface area contributed by atoms with Crippen LogP contribution in [-0.2, 0) is 9.53 Å². The number of fused-ring (bicyclic) bond motifs is 3. The van der Waals surface area contributed by atoms with E-state index in [1.807, 2.05) is 67.2 Å². The van der Waals surface area contributed by atoms with Crippen LogP contribution in [0, 0.1) is 11.3 Å². The lowest BCUT2D eigenvalue weighted by molar-refractivity contribution is -0.180. The number of ether oxygens (including phenoxy) is 2. The van der Waals surface area contributed by atoms with Crippen molar-refractivity contribution in [2.24, 2.45) is 11.3 Å². The normalized spacial score (nSPS) is 26.1. The molecule has 2 aromatic carbocycles. The van der Waals surface area contributed by atoms with Gasteiger partial charge in [0, 0.05) is 55.8 Å². The van der Waals surface area contributed by atoms with Gasteiger partial charge >= 0.3 is 5.97 Å². The van der Waals surface area contributed by atoms with Gasteiger partial charge in [-0.05, 0) is 68.4 Å². The molecule has 0 radical (unpaired) electrons. The molecule has 2 aromatic rings. The Morgan fingerprint density at radius 3 is 2.59 bits per heavy atom. The van der Waals surface area contributed by atoms with Gasteiger partial charge < -0.3 is 24.4 Å². The smallest absolute Gasteiger partial charge is 0.303 e. The van der Waals surface area contributed by atoms with E-state index >= 15 is 0 Å². The van der Waals surface area contributed by atoms with Gasteiger partial charge in [0.15, 0.2) is 0 Å². The van der Waals surface area contributed by atoms with Gasteiger partial charge in [-0.3, -0.25) is 9.59 Å². The van der Waals surface area contributed by atoms with Crippen LogP contribution in [0.5, 0.6) is 5.75 Å². The maximum absolute atomic E-state index is 13.4. The van der Waals surface area contributed by atoms with E-state index in [4.69, 9.17) is 21.1 Å². The van der Waals surface area contributed by atoms with Crippen molar-refractivity contribution in [3.63, 3.8) is 0 Å². The Morgan fingerprint density at radius 1 is 1.16 bits per heavy atom. The Bertz CT molecular complexity index is 1190. The summed E-state index contributed by atoms with van der Waals surface area (Å²) in [7, 11) is 3.90. The molecular formula is C29H35ClN2O5. The maximum Gasteiger partial charge on any atom is 0.303 e. The summed E-state index contributed by atoms with van der Waals surface area (Å²) in [6, 6.07) is 13.3. The number of carboxylic acid groups (broad SMARTS) is 1. The van der Waals surface area contributed by atoms with Gasteiger partial charge in [0.25, 0.3) is 5.91 Å². The molecule has 5 rings (SSSR count). The number of piperidine rings is 1. The van der Waals surface area contributed by atoms with E-state index in [0.29, 0.717) is 31.1 Å². The molecular weight excluding hydrogens is 492 g/mol. The second kappa shape index (κ2) is 9.84. The quantitative estimate of drug-likeness (QED) is 0.560. The number of amides is 1. The fourth-order valence-electron chi connectivity index (χ4n) is 6.36. The van der Waals surface area contributed by atoms with Crippen LogP contribution >= 0.6 is 11.6 Å². The maximum atomic E-state index is 13.4. The molecule has 0 unspecified atom stereocenters. The highest BCUT2D eigenvalue weighted by atomic mass is 35.5. The zero-order chi connectivity index (χ0) is 26.4. The predicted octanol–water partition coefficient (Wildman–Crippen LogP) is 5.42. The van der Waals surface area contributed by atoms with Gasteiger partial charge in [-0.1, -0.05) is 23.7 Å².